The summed E-state index contributed by atoms with van der Waals surface area (Å²) in [6, 6.07) is 13.2. The van der Waals surface area contributed by atoms with E-state index in [0.29, 0.717) is 5.56 Å². The maximum Gasteiger partial charge on any atom is 0.243 e. The van der Waals surface area contributed by atoms with Crippen molar-refractivity contribution in [3.8, 4) is 6.07 Å². The zero-order valence-electron chi connectivity index (χ0n) is 17.1. The largest absolute Gasteiger partial charge is 0.338 e. The molecule has 10 heteroatoms. The van der Waals surface area contributed by atoms with E-state index in [1.54, 1.807) is 26.1 Å². The predicted octanol–water partition coefficient (Wildman–Crippen LogP) is 1.80. The molecule has 0 saturated heterocycles. The van der Waals surface area contributed by atoms with Gasteiger partial charge in [0, 0.05) is 20.4 Å². The number of hydrogen-bond donors (Lipinski definition) is 0. The lowest BCUT2D eigenvalue weighted by Gasteiger charge is -2.27. The second-order valence-corrected chi connectivity index (χ2v) is 11.0. The lowest BCUT2D eigenvalue weighted by Crippen LogP contribution is -2.40. The van der Waals surface area contributed by atoms with Crippen molar-refractivity contribution in [2.24, 2.45) is 0 Å². The molecule has 0 radical (unpaired) electrons. The van der Waals surface area contributed by atoms with Crippen LogP contribution in [0.3, 0.4) is 0 Å². The quantitative estimate of drug-likeness (QED) is 0.636. The zero-order valence-corrected chi connectivity index (χ0v) is 18.7. The van der Waals surface area contributed by atoms with Crippen LogP contribution < -0.4 is 0 Å². The van der Waals surface area contributed by atoms with Gasteiger partial charge in [0.25, 0.3) is 0 Å². The van der Waals surface area contributed by atoms with Crippen molar-refractivity contribution in [1.29, 1.82) is 5.26 Å². The molecule has 1 unspecified atom stereocenters. The van der Waals surface area contributed by atoms with Crippen molar-refractivity contribution in [2.75, 3.05) is 26.9 Å². The van der Waals surface area contributed by atoms with E-state index in [1.807, 2.05) is 6.07 Å². The van der Waals surface area contributed by atoms with Gasteiger partial charge in [-0.2, -0.15) is 9.57 Å². The fraction of sp³-hybridized carbons (Fsp3) is 0.300. The topological polar surface area (TPSA) is 116 Å². The Morgan fingerprint density at radius 2 is 1.47 bits per heavy atom. The Hall–Kier alpha value is -2.74. The molecule has 0 heterocycles. The van der Waals surface area contributed by atoms with Crippen molar-refractivity contribution < 1.29 is 21.6 Å². The molecule has 0 spiro atoms. The summed E-state index contributed by atoms with van der Waals surface area (Å²) < 4.78 is 49.5. The van der Waals surface area contributed by atoms with E-state index in [9.17, 15) is 21.6 Å². The first-order valence-electron chi connectivity index (χ1n) is 8.90. The smallest absolute Gasteiger partial charge is 0.243 e. The summed E-state index contributed by atoms with van der Waals surface area (Å²) in [5, 5.41) is 8.83. The standard InChI is InChI=1S/C20H23N3O5S2/c1-15(17-7-11-18(12-8-17)29(4,25)26)23(3)20(24)14-22(2)30(27,28)19-9-5-16(13-21)6-10-19/h5-12,15H,14H2,1-4H3. The first-order chi connectivity index (χ1) is 13.9. The second-order valence-electron chi connectivity index (χ2n) is 6.92. The summed E-state index contributed by atoms with van der Waals surface area (Å²) in [6.07, 6.45) is 1.12. The van der Waals surface area contributed by atoms with Gasteiger partial charge in [0.15, 0.2) is 9.84 Å². The molecule has 2 rings (SSSR count). The first-order valence-corrected chi connectivity index (χ1v) is 12.2. The van der Waals surface area contributed by atoms with Crippen molar-refractivity contribution in [1.82, 2.24) is 9.21 Å². The molecule has 160 valence electrons. The van der Waals surface area contributed by atoms with Crippen LogP contribution in [0.2, 0.25) is 0 Å². The third-order valence-corrected chi connectivity index (χ3v) is 7.76. The first kappa shape index (κ1) is 23.5. The molecule has 2 aromatic carbocycles. The van der Waals surface area contributed by atoms with Crippen LogP contribution in [0.25, 0.3) is 0 Å². The molecule has 1 atom stereocenters. The van der Waals surface area contributed by atoms with Gasteiger partial charge in [-0.3, -0.25) is 4.79 Å². The number of sulfonamides is 1. The van der Waals surface area contributed by atoms with Gasteiger partial charge in [-0.15, -0.1) is 0 Å². The van der Waals surface area contributed by atoms with E-state index < -0.39 is 31.8 Å². The lowest BCUT2D eigenvalue weighted by molar-refractivity contribution is -0.131. The highest BCUT2D eigenvalue weighted by Gasteiger charge is 2.26. The molecule has 1 amide bonds. The molecule has 2 aromatic rings. The number of hydrogen-bond acceptors (Lipinski definition) is 6. The molecule has 0 aliphatic heterocycles. The molecule has 30 heavy (non-hydrogen) atoms. The third-order valence-electron chi connectivity index (χ3n) is 4.81. The number of carbonyl (C=O) groups is 1. The van der Waals surface area contributed by atoms with Gasteiger partial charge < -0.3 is 4.90 Å². The van der Waals surface area contributed by atoms with Crippen LogP contribution in [0, 0.1) is 11.3 Å². The van der Waals surface area contributed by atoms with Crippen molar-refractivity contribution in [3.63, 3.8) is 0 Å². The summed E-state index contributed by atoms with van der Waals surface area (Å²) >= 11 is 0. The van der Waals surface area contributed by atoms with Crippen LogP contribution in [0.15, 0.2) is 58.3 Å². The summed E-state index contributed by atoms with van der Waals surface area (Å²) in [6.45, 7) is 1.40. The second kappa shape index (κ2) is 8.95. The minimum atomic E-state index is -3.90. The SMILES string of the molecule is CC(c1ccc(S(C)(=O)=O)cc1)N(C)C(=O)CN(C)S(=O)(=O)c1ccc(C#N)cc1. The van der Waals surface area contributed by atoms with Crippen LogP contribution in [-0.4, -0.2) is 58.8 Å². The van der Waals surface area contributed by atoms with Gasteiger partial charge in [-0.25, -0.2) is 16.8 Å². The maximum absolute atomic E-state index is 12.7. The number of benzene rings is 2. The minimum Gasteiger partial charge on any atom is -0.338 e. The van der Waals surface area contributed by atoms with E-state index in [4.69, 9.17) is 5.26 Å². The monoisotopic (exact) mass is 449 g/mol. The Morgan fingerprint density at radius 1 is 0.967 bits per heavy atom. The number of rotatable bonds is 7. The summed E-state index contributed by atoms with van der Waals surface area (Å²) in [5.74, 6) is -0.422. The number of likely N-dealkylation sites (N-methyl/N-ethyl adjacent to an activating group) is 2. The van der Waals surface area contributed by atoms with Crippen LogP contribution in [0.5, 0.6) is 0 Å². The molecular formula is C20H23N3O5S2. The minimum absolute atomic E-state index is 0.0103. The summed E-state index contributed by atoms with van der Waals surface area (Å²) in [4.78, 5) is 14.2. The van der Waals surface area contributed by atoms with Gasteiger partial charge in [-0.05, 0) is 48.9 Å². The predicted molar refractivity (Wildman–Crippen MR) is 112 cm³/mol. The zero-order chi connectivity index (χ0) is 22.7. The highest BCUT2D eigenvalue weighted by molar-refractivity contribution is 7.90. The highest BCUT2D eigenvalue weighted by atomic mass is 32.2. The van der Waals surface area contributed by atoms with E-state index in [-0.39, 0.29) is 16.3 Å². The fourth-order valence-electron chi connectivity index (χ4n) is 2.70. The van der Waals surface area contributed by atoms with E-state index in [2.05, 4.69) is 0 Å². The molecule has 0 aromatic heterocycles. The molecule has 0 bridgehead atoms. The Morgan fingerprint density at radius 3 is 1.93 bits per heavy atom. The fourth-order valence-corrected chi connectivity index (χ4v) is 4.45. The van der Waals surface area contributed by atoms with Crippen molar-refractivity contribution >= 4 is 25.8 Å². The van der Waals surface area contributed by atoms with Crippen molar-refractivity contribution in [2.45, 2.75) is 22.8 Å². The van der Waals surface area contributed by atoms with Crippen LogP contribution in [-0.2, 0) is 24.7 Å². The molecule has 8 nitrogen and oxygen atoms in total. The van der Waals surface area contributed by atoms with Crippen LogP contribution in [0.4, 0.5) is 0 Å². The Balaban J connectivity index is 2.12. The summed E-state index contributed by atoms with van der Waals surface area (Å²) in [7, 11) is -4.35. The van der Waals surface area contributed by atoms with Gasteiger partial charge in [0.1, 0.15) is 0 Å². The van der Waals surface area contributed by atoms with Gasteiger partial charge >= 0.3 is 0 Å². The number of nitrogens with zero attached hydrogens (tertiary/aromatic N) is 3. The molecule has 0 saturated carbocycles. The Bertz CT molecular complexity index is 1170. The number of nitriles is 1. The van der Waals surface area contributed by atoms with E-state index >= 15 is 0 Å². The van der Waals surface area contributed by atoms with Crippen molar-refractivity contribution in [3.05, 3.63) is 59.7 Å². The van der Waals surface area contributed by atoms with Crippen LogP contribution >= 0.6 is 0 Å². The van der Waals surface area contributed by atoms with Gasteiger partial charge in [0.05, 0.1) is 34.0 Å². The normalized spacial score (nSPS) is 12.9. The average molecular weight is 450 g/mol. The lowest BCUT2D eigenvalue weighted by atomic mass is 10.1. The van der Waals surface area contributed by atoms with E-state index in [0.717, 1.165) is 16.1 Å². The number of carbonyl (C=O) groups excluding carboxylic acids is 1. The number of sulfone groups is 1. The Labute approximate surface area is 177 Å². The third kappa shape index (κ3) is 5.24. The molecule has 0 fully saturated rings. The average Bonchev–Trinajstić information content (AvgIpc) is 2.72. The van der Waals surface area contributed by atoms with E-state index in [1.165, 1.54) is 48.3 Å². The maximum atomic E-state index is 12.7. The highest BCUT2D eigenvalue weighted by Crippen LogP contribution is 2.22. The summed E-state index contributed by atoms with van der Waals surface area (Å²) in [5.41, 5.74) is 1.05. The number of amides is 1. The van der Waals surface area contributed by atoms with Gasteiger partial charge in [-0.1, -0.05) is 12.1 Å². The van der Waals surface area contributed by atoms with Crippen LogP contribution in [0.1, 0.15) is 24.1 Å². The van der Waals surface area contributed by atoms with Gasteiger partial charge in [0.2, 0.25) is 15.9 Å². The molecule has 0 N–H and O–H groups in total. The Kier molecular flexibility index (Phi) is 7.02. The molecule has 0 aliphatic rings. The molecule has 0 aliphatic carbocycles. The molecular weight excluding hydrogens is 426 g/mol.